The van der Waals surface area contributed by atoms with Crippen molar-refractivity contribution < 1.29 is 4.79 Å². The van der Waals surface area contributed by atoms with Crippen molar-refractivity contribution in [3.05, 3.63) is 0 Å². The molecule has 0 aromatic rings. The number of hydrogen-bond acceptors (Lipinski definition) is 2. The van der Waals surface area contributed by atoms with Gasteiger partial charge in [-0.1, -0.05) is 6.92 Å². The number of carbonyl (C=O) groups excluding carboxylic acids is 1. The predicted octanol–water partition coefficient (Wildman–Crippen LogP) is -0.362. The Morgan fingerprint density at radius 3 is 2.40 bits per heavy atom. The van der Waals surface area contributed by atoms with Gasteiger partial charge < -0.3 is 16.8 Å². The van der Waals surface area contributed by atoms with E-state index in [4.69, 9.17) is 11.5 Å². The molecule has 4 nitrogen and oxygen atoms in total. The van der Waals surface area contributed by atoms with Crippen molar-refractivity contribution in [1.82, 2.24) is 5.32 Å². The Bertz CT molecular complexity index is 116. The number of urea groups is 1. The largest absolute Gasteiger partial charge is 0.352 e. The third kappa shape index (κ3) is 3.29. The highest BCUT2D eigenvalue weighted by Crippen LogP contribution is 1.97. The van der Waals surface area contributed by atoms with E-state index >= 15 is 0 Å². The van der Waals surface area contributed by atoms with Crippen LogP contribution in [-0.2, 0) is 0 Å². The Balaban J connectivity index is 3.61. The molecule has 0 aromatic carbocycles. The highest BCUT2D eigenvalue weighted by Gasteiger charge is 2.10. The van der Waals surface area contributed by atoms with Crippen LogP contribution in [0.3, 0.4) is 0 Å². The van der Waals surface area contributed by atoms with Crippen LogP contribution in [-0.4, -0.2) is 18.6 Å². The molecule has 0 rings (SSSR count). The smallest absolute Gasteiger partial charge is 0.312 e. The third-order valence-electron chi connectivity index (χ3n) is 1.60. The summed E-state index contributed by atoms with van der Waals surface area (Å²) in [6.07, 6.45) is 0. The fourth-order valence-corrected chi connectivity index (χ4v) is 0.571. The lowest BCUT2D eigenvalue weighted by atomic mass is 10.1. The summed E-state index contributed by atoms with van der Waals surface area (Å²) in [4.78, 5) is 10.3. The summed E-state index contributed by atoms with van der Waals surface area (Å²) in [6, 6.07) is -0.435. The minimum absolute atomic E-state index is 0.0579. The summed E-state index contributed by atoms with van der Waals surface area (Å²) in [5, 5.41) is 2.55. The molecule has 2 unspecified atom stereocenters. The summed E-state index contributed by atoms with van der Waals surface area (Å²) in [6.45, 7) is 4.39. The minimum Gasteiger partial charge on any atom is -0.352 e. The van der Waals surface area contributed by atoms with Gasteiger partial charge in [-0.3, -0.25) is 0 Å². The molecule has 4 heteroatoms. The number of primary amides is 1. The second kappa shape index (κ2) is 4.11. The summed E-state index contributed by atoms with van der Waals surface area (Å²) >= 11 is 0. The lowest BCUT2D eigenvalue weighted by Crippen LogP contribution is -2.42. The molecule has 0 fully saturated rings. The summed E-state index contributed by atoms with van der Waals surface area (Å²) in [5.41, 5.74) is 10.3. The molecule has 0 aliphatic carbocycles. The summed E-state index contributed by atoms with van der Waals surface area (Å²) < 4.78 is 0. The van der Waals surface area contributed by atoms with Crippen molar-refractivity contribution in [2.24, 2.45) is 17.4 Å². The number of nitrogens with one attached hydrogen (secondary N) is 1. The quantitative estimate of drug-likeness (QED) is 0.507. The van der Waals surface area contributed by atoms with E-state index in [0.29, 0.717) is 6.54 Å². The monoisotopic (exact) mass is 145 g/mol. The third-order valence-corrected chi connectivity index (χ3v) is 1.60. The first kappa shape index (κ1) is 9.23. The van der Waals surface area contributed by atoms with Gasteiger partial charge in [0.25, 0.3) is 0 Å². The van der Waals surface area contributed by atoms with Crippen LogP contribution in [0.5, 0.6) is 0 Å². The van der Waals surface area contributed by atoms with Gasteiger partial charge in [0.15, 0.2) is 0 Å². The summed E-state index contributed by atoms with van der Waals surface area (Å²) in [7, 11) is 0. The second-order valence-electron chi connectivity index (χ2n) is 2.51. The van der Waals surface area contributed by atoms with Gasteiger partial charge in [-0.2, -0.15) is 0 Å². The van der Waals surface area contributed by atoms with E-state index in [-0.39, 0.29) is 12.0 Å². The van der Waals surface area contributed by atoms with Crippen LogP contribution in [0, 0.1) is 5.92 Å². The van der Waals surface area contributed by atoms with Gasteiger partial charge in [-0.15, -0.1) is 0 Å². The number of amides is 2. The van der Waals surface area contributed by atoms with Crippen LogP contribution < -0.4 is 16.8 Å². The average molecular weight is 145 g/mol. The van der Waals surface area contributed by atoms with E-state index in [9.17, 15) is 4.79 Å². The van der Waals surface area contributed by atoms with Crippen LogP contribution in [0.25, 0.3) is 0 Å². The molecule has 0 aliphatic heterocycles. The topological polar surface area (TPSA) is 81.1 Å². The van der Waals surface area contributed by atoms with Crippen molar-refractivity contribution in [1.29, 1.82) is 0 Å². The van der Waals surface area contributed by atoms with Crippen molar-refractivity contribution in [2.45, 2.75) is 19.9 Å². The molecule has 0 bridgehead atoms. The molecule has 0 aliphatic rings. The van der Waals surface area contributed by atoms with Crippen LogP contribution in [0.2, 0.25) is 0 Å². The van der Waals surface area contributed by atoms with E-state index in [0.717, 1.165) is 0 Å². The zero-order valence-electron chi connectivity index (χ0n) is 6.42. The van der Waals surface area contributed by atoms with Crippen LogP contribution in [0.1, 0.15) is 13.8 Å². The van der Waals surface area contributed by atoms with Gasteiger partial charge in [0, 0.05) is 6.04 Å². The van der Waals surface area contributed by atoms with E-state index < -0.39 is 6.03 Å². The predicted molar refractivity (Wildman–Crippen MR) is 40.4 cm³/mol. The molecule has 0 spiro atoms. The molecule has 0 aromatic heterocycles. The number of hydrogen-bond donors (Lipinski definition) is 3. The SMILES string of the molecule is CC(CN)C(C)NC(N)=O. The average Bonchev–Trinajstić information content (AvgIpc) is 1.85. The lowest BCUT2D eigenvalue weighted by Gasteiger charge is -2.17. The fraction of sp³-hybridized carbons (Fsp3) is 0.833. The van der Waals surface area contributed by atoms with E-state index in [1.807, 2.05) is 13.8 Å². The van der Waals surface area contributed by atoms with E-state index in [1.54, 1.807) is 0 Å². The van der Waals surface area contributed by atoms with E-state index in [2.05, 4.69) is 5.32 Å². The molecule has 5 N–H and O–H groups in total. The van der Waals surface area contributed by atoms with Crippen molar-refractivity contribution in [3.8, 4) is 0 Å². The first-order valence-electron chi connectivity index (χ1n) is 3.34. The molecule has 2 amide bonds. The maximum Gasteiger partial charge on any atom is 0.312 e. The number of nitrogens with two attached hydrogens (primary N) is 2. The molecule has 0 saturated carbocycles. The van der Waals surface area contributed by atoms with Gasteiger partial charge in [0.1, 0.15) is 0 Å². The first-order valence-corrected chi connectivity index (χ1v) is 3.34. The zero-order valence-corrected chi connectivity index (χ0v) is 6.42. The second-order valence-corrected chi connectivity index (χ2v) is 2.51. The highest BCUT2D eigenvalue weighted by atomic mass is 16.2. The van der Waals surface area contributed by atoms with Gasteiger partial charge >= 0.3 is 6.03 Å². The van der Waals surface area contributed by atoms with Crippen LogP contribution in [0.4, 0.5) is 4.79 Å². The molecular weight excluding hydrogens is 130 g/mol. The molecule has 60 valence electrons. The molecule has 2 atom stereocenters. The Hall–Kier alpha value is -0.770. The normalized spacial score (nSPS) is 15.9. The fourth-order valence-electron chi connectivity index (χ4n) is 0.571. The molecule has 0 saturated heterocycles. The Morgan fingerprint density at radius 1 is 1.60 bits per heavy atom. The standard InChI is InChI=1S/C6H15N3O/c1-4(3-7)5(2)9-6(8)10/h4-5H,3,7H2,1-2H3,(H3,8,9,10). The lowest BCUT2D eigenvalue weighted by molar-refractivity contribution is 0.242. The first-order chi connectivity index (χ1) is 4.57. The van der Waals surface area contributed by atoms with Crippen LogP contribution >= 0.6 is 0 Å². The Morgan fingerprint density at radius 2 is 2.10 bits per heavy atom. The Labute approximate surface area is 61.0 Å². The minimum atomic E-state index is -0.493. The van der Waals surface area contributed by atoms with Crippen molar-refractivity contribution in [2.75, 3.05) is 6.54 Å². The van der Waals surface area contributed by atoms with Crippen LogP contribution in [0.15, 0.2) is 0 Å². The molecular formula is C6H15N3O. The summed E-state index contributed by atoms with van der Waals surface area (Å²) in [5.74, 6) is 0.271. The maximum atomic E-state index is 10.3. The van der Waals surface area contributed by atoms with Crippen molar-refractivity contribution in [3.63, 3.8) is 0 Å². The van der Waals surface area contributed by atoms with E-state index in [1.165, 1.54) is 0 Å². The maximum absolute atomic E-state index is 10.3. The molecule has 0 radical (unpaired) electrons. The van der Waals surface area contributed by atoms with Gasteiger partial charge in [-0.25, -0.2) is 4.79 Å². The van der Waals surface area contributed by atoms with Gasteiger partial charge in [0.05, 0.1) is 0 Å². The Kier molecular flexibility index (Phi) is 3.79. The highest BCUT2D eigenvalue weighted by molar-refractivity contribution is 5.71. The van der Waals surface area contributed by atoms with Gasteiger partial charge in [0.2, 0.25) is 0 Å². The molecule has 0 heterocycles. The zero-order chi connectivity index (χ0) is 8.15. The van der Waals surface area contributed by atoms with Crippen molar-refractivity contribution >= 4 is 6.03 Å². The number of rotatable bonds is 3. The number of carbonyl (C=O) groups is 1. The van der Waals surface area contributed by atoms with Gasteiger partial charge in [-0.05, 0) is 19.4 Å². The molecule has 10 heavy (non-hydrogen) atoms.